The van der Waals surface area contributed by atoms with Crippen LogP contribution in [0.15, 0.2) is 46.9 Å². The molecule has 0 radical (unpaired) electrons. The molecule has 1 atom stereocenters. The highest BCUT2D eigenvalue weighted by molar-refractivity contribution is 7.12. The normalized spacial score (nSPS) is 16.8. The number of thiophene rings is 1. The fraction of sp³-hybridized carbons (Fsp3) is 0.316. The first kappa shape index (κ1) is 17.4. The van der Waals surface area contributed by atoms with E-state index in [1.807, 2.05) is 29.6 Å². The molecule has 1 aromatic heterocycles. The third-order valence-corrected chi connectivity index (χ3v) is 5.22. The molecule has 2 aromatic rings. The Kier molecular flexibility index (Phi) is 5.28. The number of rotatable bonds is 6. The Balaban J connectivity index is 1.86. The highest BCUT2D eigenvalue weighted by Gasteiger charge is 2.33. The van der Waals surface area contributed by atoms with Crippen LogP contribution in [0, 0.1) is 0 Å². The fourth-order valence-corrected chi connectivity index (χ4v) is 3.62. The maximum Gasteiger partial charge on any atom is 0.303 e. The lowest BCUT2D eigenvalue weighted by Crippen LogP contribution is -2.27. The maximum absolute atomic E-state index is 12.5. The number of carbonyl (C=O) groups is 2. The van der Waals surface area contributed by atoms with Gasteiger partial charge in [0.15, 0.2) is 0 Å². The van der Waals surface area contributed by atoms with Crippen molar-refractivity contribution in [1.82, 2.24) is 5.01 Å². The van der Waals surface area contributed by atoms with Gasteiger partial charge in [0.05, 0.1) is 23.1 Å². The second-order valence-corrected chi connectivity index (χ2v) is 6.92. The van der Waals surface area contributed by atoms with E-state index in [4.69, 9.17) is 5.11 Å². The van der Waals surface area contributed by atoms with Gasteiger partial charge in [0.1, 0.15) is 0 Å². The third kappa shape index (κ3) is 3.96. The lowest BCUT2D eigenvalue weighted by molar-refractivity contribution is -0.141. The molecule has 0 unspecified atom stereocenters. The molecule has 0 saturated heterocycles. The maximum atomic E-state index is 12.5. The summed E-state index contributed by atoms with van der Waals surface area (Å²) in [5.41, 5.74) is 3.14. The van der Waals surface area contributed by atoms with E-state index in [2.05, 4.69) is 24.2 Å². The Labute approximate surface area is 150 Å². The van der Waals surface area contributed by atoms with Crippen molar-refractivity contribution in [1.29, 1.82) is 0 Å². The Bertz CT molecular complexity index is 782. The number of hydrogen-bond acceptors (Lipinski definition) is 4. The monoisotopic (exact) mass is 356 g/mol. The van der Waals surface area contributed by atoms with E-state index in [9.17, 15) is 9.59 Å². The van der Waals surface area contributed by atoms with Gasteiger partial charge in [0.2, 0.25) is 5.91 Å². The van der Waals surface area contributed by atoms with Gasteiger partial charge in [0.25, 0.3) is 0 Å². The molecule has 0 fully saturated rings. The van der Waals surface area contributed by atoms with Crippen LogP contribution in [0.25, 0.3) is 0 Å². The van der Waals surface area contributed by atoms with Gasteiger partial charge in [-0.3, -0.25) is 9.59 Å². The summed E-state index contributed by atoms with van der Waals surface area (Å²) in [6, 6.07) is 12.0. The summed E-state index contributed by atoms with van der Waals surface area (Å²) in [5, 5.41) is 16.8. The molecule has 130 valence electrons. The number of nitrogens with zero attached hydrogens (tertiary/aromatic N) is 2. The molecule has 0 aliphatic carbocycles. The van der Waals surface area contributed by atoms with Crippen molar-refractivity contribution < 1.29 is 14.7 Å². The molecule has 0 bridgehead atoms. The summed E-state index contributed by atoms with van der Waals surface area (Å²) in [6.07, 6.45) is 1.38. The van der Waals surface area contributed by atoms with Crippen molar-refractivity contribution in [3.8, 4) is 0 Å². The second kappa shape index (κ2) is 7.61. The van der Waals surface area contributed by atoms with E-state index in [-0.39, 0.29) is 24.8 Å². The summed E-state index contributed by atoms with van der Waals surface area (Å²) in [6.45, 7) is 2.10. The van der Waals surface area contributed by atoms with Crippen molar-refractivity contribution in [2.75, 3.05) is 0 Å². The van der Waals surface area contributed by atoms with Crippen LogP contribution in [-0.2, 0) is 16.0 Å². The highest BCUT2D eigenvalue weighted by atomic mass is 32.1. The smallest absolute Gasteiger partial charge is 0.303 e. The minimum absolute atomic E-state index is 0.0416. The molecule has 0 spiro atoms. The van der Waals surface area contributed by atoms with E-state index in [1.165, 1.54) is 10.6 Å². The number of carboxylic acid groups (broad SMARTS) is 1. The fourth-order valence-electron chi connectivity index (χ4n) is 2.90. The van der Waals surface area contributed by atoms with E-state index < -0.39 is 5.97 Å². The van der Waals surface area contributed by atoms with E-state index in [0.717, 1.165) is 22.6 Å². The van der Waals surface area contributed by atoms with E-state index in [0.29, 0.717) is 6.42 Å². The average molecular weight is 356 g/mol. The Hall–Kier alpha value is -2.47. The summed E-state index contributed by atoms with van der Waals surface area (Å²) in [7, 11) is 0. The molecule has 1 aliphatic rings. The van der Waals surface area contributed by atoms with Crippen LogP contribution in [-0.4, -0.2) is 27.7 Å². The number of amides is 1. The van der Waals surface area contributed by atoms with E-state index in [1.54, 1.807) is 11.3 Å². The number of hydrogen-bond donors (Lipinski definition) is 1. The minimum Gasteiger partial charge on any atom is -0.481 e. The van der Waals surface area contributed by atoms with Gasteiger partial charge >= 0.3 is 5.97 Å². The molecule has 2 heterocycles. The van der Waals surface area contributed by atoms with Crippen LogP contribution in [0.3, 0.4) is 0 Å². The Morgan fingerprint density at radius 3 is 2.60 bits per heavy atom. The zero-order valence-electron chi connectivity index (χ0n) is 14.0. The molecule has 0 saturated carbocycles. The number of carboxylic acids is 1. The molecule has 5 nitrogen and oxygen atoms in total. The van der Waals surface area contributed by atoms with E-state index >= 15 is 0 Å². The van der Waals surface area contributed by atoms with Gasteiger partial charge in [-0.25, -0.2) is 5.01 Å². The number of hydrazone groups is 1. The highest BCUT2D eigenvalue weighted by Crippen LogP contribution is 2.34. The molecular formula is C19H20N2O3S. The van der Waals surface area contributed by atoms with Crippen molar-refractivity contribution in [3.63, 3.8) is 0 Å². The lowest BCUT2D eigenvalue weighted by Gasteiger charge is -2.22. The largest absolute Gasteiger partial charge is 0.481 e. The van der Waals surface area contributed by atoms with Gasteiger partial charge in [-0.15, -0.1) is 11.3 Å². The van der Waals surface area contributed by atoms with Crippen LogP contribution in [0.5, 0.6) is 0 Å². The standard InChI is InChI=1S/C19H20N2O3S/c1-2-13-5-7-14(8-6-13)16-12-15(17-4-3-11-25-17)20-21(16)18(22)9-10-19(23)24/h3-8,11,16H,2,9-10,12H2,1H3,(H,23,24)/t16-/m0/s1. The quantitative estimate of drug-likeness (QED) is 0.854. The number of aliphatic carboxylic acids is 1. The zero-order chi connectivity index (χ0) is 17.8. The molecule has 3 rings (SSSR count). The number of benzene rings is 1. The van der Waals surface area contributed by atoms with Crippen LogP contribution < -0.4 is 0 Å². The number of carbonyl (C=O) groups excluding carboxylic acids is 1. The van der Waals surface area contributed by atoms with Gasteiger partial charge < -0.3 is 5.11 Å². The summed E-state index contributed by atoms with van der Waals surface area (Å²) in [4.78, 5) is 24.4. The molecule has 1 aliphatic heterocycles. The SMILES string of the molecule is CCc1ccc([C@@H]2CC(c3cccs3)=NN2C(=O)CCC(=O)O)cc1. The first-order valence-electron chi connectivity index (χ1n) is 8.32. The van der Waals surface area contributed by atoms with Crippen molar-refractivity contribution in [2.45, 2.75) is 38.6 Å². The first-order chi connectivity index (χ1) is 12.1. The topological polar surface area (TPSA) is 70.0 Å². The zero-order valence-corrected chi connectivity index (χ0v) is 14.8. The van der Waals surface area contributed by atoms with Crippen molar-refractivity contribution in [2.24, 2.45) is 5.10 Å². The summed E-state index contributed by atoms with van der Waals surface area (Å²) >= 11 is 1.59. The average Bonchev–Trinajstić information content (AvgIpc) is 3.29. The first-order valence-corrected chi connectivity index (χ1v) is 9.20. The minimum atomic E-state index is -0.973. The van der Waals surface area contributed by atoms with Crippen molar-refractivity contribution in [3.05, 3.63) is 57.8 Å². The molecule has 1 N–H and O–H groups in total. The third-order valence-electron chi connectivity index (χ3n) is 4.30. The van der Waals surface area contributed by atoms with Crippen LogP contribution >= 0.6 is 11.3 Å². The van der Waals surface area contributed by atoms with Gasteiger partial charge in [-0.05, 0) is 29.0 Å². The van der Waals surface area contributed by atoms with Gasteiger partial charge in [-0.2, -0.15) is 5.10 Å². The van der Waals surface area contributed by atoms with Crippen molar-refractivity contribution >= 4 is 28.9 Å². The van der Waals surface area contributed by atoms with Crippen LogP contribution in [0.2, 0.25) is 0 Å². The second-order valence-electron chi connectivity index (χ2n) is 5.97. The number of aryl methyl sites for hydroxylation is 1. The molecule has 1 amide bonds. The molecule has 25 heavy (non-hydrogen) atoms. The van der Waals surface area contributed by atoms with Gasteiger partial charge in [-0.1, -0.05) is 37.3 Å². The predicted molar refractivity (Wildman–Crippen MR) is 97.7 cm³/mol. The molecule has 6 heteroatoms. The van der Waals surface area contributed by atoms with Crippen LogP contribution in [0.1, 0.15) is 48.2 Å². The predicted octanol–water partition coefficient (Wildman–Crippen LogP) is 3.85. The Morgan fingerprint density at radius 2 is 2.00 bits per heavy atom. The molecular weight excluding hydrogens is 336 g/mol. The summed E-state index contributed by atoms with van der Waals surface area (Å²) in [5.74, 6) is -1.22. The Morgan fingerprint density at radius 1 is 1.24 bits per heavy atom. The van der Waals surface area contributed by atoms with Gasteiger partial charge in [0, 0.05) is 12.8 Å². The van der Waals surface area contributed by atoms with Crippen LogP contribution in [0.4, 0.5) is 0 Å². The lowest BCUT2D eigenvalue weighted by atomic mass is 9.99. The molecule has 1 aromatic carbocycles. The summed E-state index contributed by atoms with van der Waals surface area (Å²) < 4.78 is 0.